The van der Waals surface area contributed by atoms with Crippen molar-refractivity contribution >= 4 is 11.3 Å². The van der Waals surface area contributed by atoms with Crippen LogP contribution in [0, 0.1) is 0 Å². The first-order valence-electron chi connectivity index (χ1n) is 4.72. The van der Waals surface area contributed by atoms with Gasteiger partial charge in [0.25, 0.3) is 0 Å². The van der Waals surface area contributed by atoms with Crippen molar-refractivity contribution in [1.82, 2.24) is 5.32 Å². The highest BCUT2D eigenvalue weighted by molar-refractivity contribution is 7.07. The van der Waals surface area contributed by atoms with Crippen LogP contribution in [-0.2, 0) is 6.42 Å². The lowest BCUT2D eigenvalue weighted by molar-refractivity contribution is 0.530. The molecule has 1 aromatic heterocycles. The van der Waals surface area contributed by atoms with Gasteiger partial charge in [0.05, 0.1) is 0 Å². The summed E-state index contributed by atoms with van der Waals surface area (Å²) in [6.07, 6.45) is 4.15. The zero-order valence-corrected chi connectivity index (χ0v) is 8.94. The van der Waals surface area contributed by atoms with Crippen molar-refractivity contribution in [1.29, 1.82) is 0 Å². The summed E-state index contributed by atoms with van der Waals surface area (Å²) >= 11 is 1.76. The smallest absolute Gasteiger partial charge is 0.0142 e. The molecule has 0 saturated carbocycles. The Hall–Kier alpha value is -0.600. The van der Waals surface area contributed by atoms with Gasteiger partial charge in [0.2, 0.25) is 0 Å². The van der Waals surface area contributed by atoms with Crippen LogP contribution in [0.2, 0.25) is 0 Å². The Labute approximate surface area is 84.5 Å². The molecule has 1 heterocycles. The Morgan fingerprint density at radius 3 is 3.08 bits per heavy atom. The topological polar surface area (TPSA) is 12.0 Å². The molecule has 2 heteroatoms. The minimum atomic E-state index is 0.553. The minimum absolute atomic E-state index is 0.553. The van der Waals surface area contributed by atoms with Crippen LogP contribution < -0.4 is 5.32 Å². The fraction of sp³-hybridized carbons (Fsp3) is 0.455. The first kappa shape index (κ1) is 10.5. The standard InChI is InChI=1S/C11H17NS/c1-3-5-11(12-4-2)8-10-6-7-13-9-10/h3,6-7,9,11-12H,1,4-5,8H2,2H3. The summed E-state index contributed by atoms with van der Waals surface area (Å²) in [7, 11) is 0. The summed E-state index contributed by atoms with van der Waals surface area (Å²) in [5.74, 6) is 0. The van der Waals surface area contributed by atoms with Gasteiger partial charge < -0.3 is 5.32 Å². The lowest BCUT2D eigenvalue weighted by atomic mass is 10.1. The molecular weight excluding hydrogens is 178 g/mol. The molecule has 13 heavy (non-hydrogen) atoms. The second-order valence-electron chi connectivity index (χ2n) is 3.11. The predicted octanol–water partition coefficient (Wildman–Crippen LogP) is 2.84. The zero-order valence-electron chi connectivity index (χ0n) is 8.12. The second-order valence-corrected chi connectivity index (χ2v) is 3.89. The molecule has 0 aliphatic rings. The maximum atomic E-state index is 3.77. The number of likely N-dealkylation sites (N-methyl/N-ethyl adjacent to an activating group) is 1. The van der Waals surface area contributed by atoms with Gasteiger partial charge in [-0.2, -0.15) is 11.3 Å². The lowest BCUT2D eigenvalue weighted by Gasteiger charge is -2.14. The summed E-state index contributed by atoms with van der Waals surface area (Å²) in [6.45, 7) is 6.95. The molecule has 1 unspecified atom stereocenters. The Bertz CT molecular complexity index is 228. The van der Waals surface area contributed by atoms with Gasteiger partial charge >= 0.3 is 0 Å². The van der Waals surface area contributed by atoms with Crippen LogP contribution in [0.5, 0.6) is 0 Å². The quantitative estimate of drug-likeness (QED) is 0.688. The summed E-state index contributed by atoms with van der Waals surface area (Å²) in [5, 5.41) is 7.80. The molecule has 72 valence electrons. The van der Waals surface area contributed by atoms with Crippen molar-refractivity contribution in [2.75, 3.05) is 6.54 Å². The van der Waals surface area contributed by atoms with Crippen molar-refractivity contribution in [2.24, 2.45) is 0 Å². The molecule has 0 aliphatic heterocycles. The van der Waals surface area contributed by atoms with E-state index in [9.17, 15) is 0 Å². The second kappa shape index (κ2) is 5.95. The summed E-state index contributed by atoms with van der Waals surface area (Å²) in [4.78, 5) is 0. The van der Waals surface area contributed by atoms with Crippen molar-refractivity contribution in [3.8, 4) is 0 Å². The van der Waals surface area contributed by atoms with Crippen molar-refractivity contribution in [3.63, 3.8) is 0 Å². The van der Waals surface area contributed by atoms with E-state index in [-0.39, 0.29) is 0 Å². The molecule has 1 nitrogen and oxygen atoms in total. The van der Waals surface area contributed by atoms with Crippen molar-refractivity contribution < 1.29 is 0 Å². The maximum absolute atomic E-state index is 3.77. The predicted molar refractivity (Wildman–Crippen MR) is 60.3 cm³/mol. The number of thiophene rings is 1. The van der Waals surface area contributed by atoms with E-state index in [0.717, 1.165) is 19.4 Å². The highest BCUT2D eigenvalue weighted by atomic mass is 32.1. The van der Waals surface area contributed by atoms with E-state index in [1.54, 1.807) is 11.3 Å². The Balaban J connectivity index is 2.42. The third-order valence-electron chi connectivity index (χ3n) is 2.01. The summed E-state index contributed by atoms with van der Waals surface area (Å²) in [6, 6.07) is 2.75. The fourth-order valence-corrected chi connectivity index (χ4v) is 2.10. The van der Waals surface area contributed by atoms with Gasteiger partial charge in [-0.1, -0.05) is 13.0 Å². The van der Waals surface area contributed by atoms with Gasteiger partial charge in [0.1, 0.15) is 0 Å². The van der Waals surface area contributed by atoms with Gasteiger partial charge in [0, 0.05) is 6.04 Å². The fourth-order valence-electron chi connectivity index (χ4n) is 1.42. The number of nitrogens with one attached hydrogen (secondary N) is 1. The lowest BCUT2D eigenvalue weighted by Crippen LogP contribution is -2.30. The molecule has 0 fully saturated rings. The Kier molecular flexibility index (Phi) is 4.79. The number of hydrogen-bond donors (Lipinski definition) is 1. The Morgan fingerprint density at radius 2 is 2.54 bits per heavy atom. The largest absolute Gasteiger partial charge is 0.314 e. The van der Waals surface area contributed by atoms with Crippen LogP contribution in [-0.4, -0.2) is 12.6 Å². The average molecular weight is 195 g/mol. The molecule has 0 bridgehead atoms. The molecule has 0 spiro atoms. The molecule has 0 saturated heterocycles. The molecule has 1 aromatic rings. The van der Waals surface area contributed by atoms with Crippen LogP contribution >= 0.6 is 11.3 Å². The maximum Gasteiger partial charge on any atom is 0.0142 e. The van der Waals surface area contributed by atoms with Crippen molar-refractivity contribution in [3.05, 3.63) is 35.0 Å². The van der Waals surface area contributed by atoms with Crippen LogP contribution in [0.25, 0.3) is 0 Å². The first-order valence-corrected chi connectivity index (χ1v) is 5.66. The molecule has 0 amide bonds. The molecular formula is C11H17NS. The van der Waals surface area contributed by atoms with Gasteiger partial charge in [-0.05, 0) is 41.8 Å². The molecule has 0 radical (unpaired) electrons. The van der Waals surface area contributed by atoms with E-state index in [1.165, 1.54) is 5.56 Å². The van der Waals surface area contributed by atoms with E-state index in [0.29, 0.717) is 6.04 Å². The third kappa shape index (κ3) is 3.75. The van der Waals surface area contributed by atoms with Gasteiger partial charge in [-0.25, -0.2) is 0 Å². The minimum Gasteiger partial charge on any atom is -0.314 e. The van der Waals surface area contributed by atoms with Crippen molar-refractivity contribution in [2.45, 2.75) is 25.8 Å². The van der Waals surface area contributed by atoms with Gasteiger partial charge in [-0.3, -0.25) is 0 Å². The molecule has 0 aromatic carbocycles. The molecule has 1 atom stereocenters. The molecule has 0 aliphatic carbocycles. The number of rotatable bonds is 6. The van der Waals surface area contributed by atoms with Crippen LogP contribution in [0.15, 0.2) is 29.5 Å². The molecule has 1 N–H and O–H groups in total. The summed E-state index contributed by atoms with van der Waals surface area (Å²) in [5.41, 5.74) is 1.43. The van der Waals surface area contributed by atoms with E-state index in [4.69, 9.17) is 0 Å². The third-order valence-corrected chi connectivity index (χ3v) is 2.74. The van der Waals surface area contributed by atoms with E-state index in [2.05, 4.69) is 35.6 Å². The monoisotopic (exact) mass is 195 g/mol. The van der Waals surface area contributed by atoms with Crippen LogP contribution in [0.4, 0.5) is 0 Å². The Morgan fingerprint density at radius 1 is 1.69 bits per heavy atom. The van der Waals surface area contributed by atoms with E-state index >= 15 is 0 Å². The van der Waals surface area contributed by atoms with E-state index < -0.39 is 0 Å². The van der Waals surface area contributed by atoms with Gasteiger partial charge in [0.15, 0.2) is 0 Å². The first-order chi connectivity index (χ1) is 6.36. The van der Waals surface area contributed by atoms with E-state index in [1.807, 2.05) is 6.08 Å². The SMILES string of the molecule is C=CCC(Cc1ccsc1)NCC. The highest BCUT2D eigenvalue weighted by Crippen LogP contribution is 2.10. The van der Waals surface area contributed by atoms with Gasteiger partial charge in [-0.15, -0.1) is 6.58 Å². The normalized spacial score (nSPS) is 12.7. The average Bonchev–Trinajstić information content (AvgIpc) is 2.58. The molecule has 1 rings (SSSR count). The zero-order chi connectivity index (χ0) is 9.52. The highest BCUT2D eigenvalue weighted by Gasteiger charge is 2.05. The summed E-state index contributed by atoms with van der Waals surface area (Å²) < 4.78 is 0. The van der Waals surface area contributed by atoms with Crippen LogP contribution in [0.1, 0.15) is 18.9 Å². The van der Waals surface area contributed by atoms with Crippen LogP contribution in [0.3, 0.4) is 0 Å². The number of hydrogen-bond acceptors (Lipinski definition) is 2.